The summed E-state index contributed by atoms with van der Waals surface area (Å²) in [6, 6.07) is 11.1. The molecule has 0 bridgehead atoms. The molecule has 1 aliphatic heterocycles. The van der Waals surface area contributed by atoms with Crippen molar-refractivity contribution in [1.82, 2.24) is 20.1 Å². The molecule has 43 heavy (non-hydrogen) atoms. The zero-order chi connectivity index (χ0) is 30.3. The molecule has 0 saturated heterocycles. The maximum atomic E-state index is 13.1. The second-order valence-corrected chi connectivity index (χ2v) is 13.0. The zero-order valence-corrected chi connectivity index (χ0v) is 26.8. The Kier molecular flexibility index (Phi) is 10.1. The molecule has 4 aromatic rings. The van der Waals surface area contributed by atoms with Gasteiger partial charge in [-0.3, -0.25) is 14.4 Å². The van der Waals surface area contributed by atoms with Crippen LogP contribution in [0, 0.1) is 44.5 Å². The highest BCUT2D eigenvalue weighted by atomic mass is 35.5. The number of aromatic nitrogens is 3. The molecule has 1 amide bonds. The molecule has 10 heteroatoms. The van der Waals surface area contributed by atoms with Crippen molar-refractivity contribution in [3.05, 3.63) is 84.4 Å². The number of carbonyl (C=O) groups is 1. The summed E-state index contributed by atoms with van der Waals surface area (Å²) in [7, 11) is 0. The number of unbranched alkanes of at least 4 members (excludes halogenated alkanes) is 3. The van der Waals surface area contributed by atoms with Crippen molar-refractivity contribution < 1.29 is 4.79 Å². The van der Waals surface area contributed by atoms with Crippen molar-refractivity contribution in [2.24, 2.45) is 10.7 Å². The Morgan fingerprint density at radius 2 is 1.74 bits per heavy atom. The van der Waals surface area contributed by atoms with Gasteiger partial charge in [-0.25, -0.2) is 0 Å². The zero-order valence-electron chi connectivity index (χ0n) is 24.5. The van der Waals surface area contributed by atoms with Crippen LogP contribution in [-0.2, 0) is 4.79 Å². The molecule has 3 aromatic heterocycles. The highest BCUT2D eigenvalue weighted by molar-refractivity contribution is 7.15. The van der Waals surface area contributed by atoms with E-state index in [9.17, 15) is 4.79 Å². The normalized spacial score (nSPS) is 13.5. The molecule has 7 nitrogen and oxygen atoms in total. The molecule has 3 N–H and O–H groups in total. The van der Waals surface area contributed by atoms with Crippen LogP contribution in [-0.4, -0.2) is 39.5 Å². The summed E-state index contributed by atoms with van der Waals surface area (Å²) in [4.78, 5) is 21.4. The number of fused-ring (bicyclic) bond motifs is 3. The van der Waals surface area contributed by atoms with Crippen molar-refractivity contribution >= 4 is 45.9 Å². The number of hydrogen-bond donors (Lipinski definition) is 2. The Morgan fingerprint density at radius 3 is 2.49 bits per heavy atom. The summed E-state index contributed by atoms with van der Waals surface area (Å²) in [6.45, 7) is 7.11. The van der Waals surface area contributed by atoms with Gasteiger partial charge in [0.2, 0.25) is 5.91 Å². The third kappa shape index (κ3) is 7.26. The Bertz CT molecular complexity index is 1780. The van der Waals surface area contributed by atoms with Crippen LogP contribution < -0.4 is 11.1 Å². The summed E-state index contributed by atoms with van der Waals surface area (Å²) < 4.78 is 2.04. The number of hydrogen-bond acceptors (Lipinski definition) is 7. The van der Waals surface area contributed by atoms with Crippen molar-refractivity contribution in [2.45, 2.75) is 58.9 Å². The van der Waals surface area contributed by atoms with E-state index in [1.807, 2.05) is 47.9 Å². The van der Waals surface area contributed by atoms with Gasteiger partial charge in [-0.2, -0.15) is 0 Å². The third-order valence-corrected chi connectivity index (χ3v) is 9.51. The van der Waals surface area contributed by atoms with Crippen LogP contribution in [0.3, 0.4) is 0 Å². The smallest absolute Gasteiger partial charge is 0.223 e. The quantitative estimate of drug-likeness (QED) is 0.177. The van der Waals surface area contributed by atoms with Crippen LogP contribution >= 0.6 is 34.3 Å². The molecule has 4 heterocycles. The summed E-state index contributed by atoms with van der Waals surface area (Å²) in [5.74, 6) is 13.9. The third-order valence-electron chi connectivity index (χ3n) is 7.14. The number of nitrogens with zero attached hydrogens (tertiary/aromatic N) is 4. The maximum absolute atomic E-state index is 13.1. The van der Waals surface area contributed by atoms with Crippen molar-refractivity contribution in [3.63, 3.8) is 0 Å². The molecule has 0 aliphatic carbocycles. The Hall–Kier alpha value is -3.73. The molecular weight excluding hydrogens is 596 g/mol. The van der Waals surface area contributed by atoms with Gasteiger partial charge in [-0.15, -0.1) is 32.9 Å². The molecular formula is C33H33ClN6OS2. The van der Waals surface area contributed by atoms with E-state index < -0.39 is 6.04 Å². The topological polar surface area (TPSA) is 98.2 Å². The second kappa shape index (κ2) is 14.2. The lowest BCUT2D eigenvalue weighted by Crippen LogP contribution is -2.25. The lowest BCUT2D eigenvalue weighted by Gasteiger charge is -2.12. The number of rotatable bonds is 8. The molecule has 5 rings (SSSR count). The Morgan fingerprint density at radius 1 is 1.00 bits per heavy atom. The number of carbonyl (C=O) groups excluding carboxylic acids is 1. The van der Waals surface area contributed by atoms with Gasteiger partial charge in [0.15, 0.2) is 5.82 Å². The van der Waals surface area contributed by atoms with Gasteiger partial charge in [-0.1, -0.05) is 53.8 Å². The average Bonchev–Trinajstić information content (AvgIpc) is 3.66. The Balaban J connectivity index is 1.30. The number of aryl methyl sites for hydroxylation is 2. The van der Waals surface area contributed by atoms with E-state index in [1.165, 1.54) is 4.88 Å². The molecule has 1 aliphatic rings. The summed E-state index contributed by atoms with van der Waals surface area (Å²) >= 11 is 9.44. The first-order chi connectivity index (χ1) is 20.9. The second-order valence-electron chi connectivity index (χ2n) is 10.3. The van der Waals surface area contributed by atoms with Crippen LogP contribution in [0.4, 0.5) is 0 Å². The SMILES string of the molecule is Cc1sc2c(c1C)C(c1ccc(Cl)cc1)=N[C@@H](CC(=O)NCC#Cc1ccc(C#CCCCCCN)s1)c1nnc(C)n1-2. The largest absolute Gasteiger partial charge is 0.345 e. The van der Waals surface area contributed by atoms with Crippen LogP contribution in [0.1, 0.15) is 81.1 Å². The van der Waals surface area contributed by atoms with E-state index in [0.717, 1.165) is 75.2 Å². The van der Waals surface area contributed by atoms with E-state index in [1.54, 1.807) is 22.7 Å². The molecule has 0 fully saturated rings. The number of benzene rings is 1. The molecule has 220 valence electrons. The van der Waals surface area contributed by atoms with Gasteiger partial charge in [0.1, 0.15) is 16.9 Å². The van der Waals surface area contributed by atoms with Crippen LogP contribution in [0.5, 0.6) is 0 Å². The molecule has 0 radical (unpaired) electrons. The highest BCUT2D eigenvalue weighted by Crippen LogP contribution is 2.39. The van der Waals surface area contributed by atoms with Crippen molar-refractivity contribution in [2.75, 3.05) is 13.1 Å². The number of thiophene rings is 2. The van der Waals surface area contributed by atoms with Gasteiger partial charge < -0.3 is 11.1 Å². The minimum Gasteiger partial charge on any atom is -0.345 e. The number of amides is 1. The van der Waals surface area contributed by atoms with Gasteiger partial charge in [0, 0.05) is 27.4 Å². The molecule has 1 aromatic carbocycles. The molecule has 0 spiro atoms. The predicted molar refractivity (Wildman–Crippen MR) is 177 cm³/mol. The van der Waals surface area contributed by atoms with E-state index in [-0.39, 0.29) is 18.9 Å². The number of nitrogens with two attached hydrogens (primary N) is 1. The van der Waals surface area contributed by atoms with Gasteiger partial charge in [0.25, 0.3) is 0 Å². The molecule has 0 unspecified atom stereocenters. The minimum atomic E-state index is -0.520. The number of aliphatic imine (C=N–C) groups is 1. The van der Waals surface area contributed by atoms with E-state index in [0.29, 0.717) is 10.8 Å². The first kappa shape index (κ1) is 30.7. The van der Waals surface area contributed by atoms with E-state index in [2.05, 4.69) is 53.0 Å². The van der Waals surface area contributed by atoms with Gasteiger partial charge >= 0.3 is 0 Å². The number of nitrogens with one attached hydrogen (secondary N) is 1. The lowest BCUT2D eigenvalue weighted by molar-refractivity contribution is -0.121. The fourth-order valence-corrected chi connectivity index (χ4v) is 6.91. The predicted octanol–water partition coefficient (Wildman–Crippen LogP) is 6.29. The highest BCUT2D eigenvalue weighted by Gasteiger charge is 2.32. The lowest BCUT2D eigenvalue weighted by atomic mass is 9.99. The standard InChI is InChI=1S/C33H33ClN6OS2/c1-21-22(2)42-33-30(21)31(24-12-14-25(34)15-13-24)37-28(32-39-38-23(3)40(32)33)20-29(41)36-19-9-11-27-17-16-26(43-27)10-7-5-4-6-8-18-35/h12-17,28H,4-6,8,18-20,35H2,1-3H3,(H,36,41)/t28-/m0/s1. The first-order valence-electron chi connectivity index (χ1n) is 14.3. The van der Waals surface area contributed by atoms with E-state index >= 15 is 0 Å². The molecule has 1 atom stereocenters. The minimum absolute atomic E-state index is 0.119. The number of halogens is 1. The van der Waals surface area contributed by atoms with Crippen LogP contribution in [0.25, 0.3) is 5.00 Å². The fourth-order valence-electron chi connectivity index (χ4n) is 4.81. The van der Waals surface area contributed by atoms with Crippen LogP contribution in [0.2, 0.25) is 5.02 Å². The van der Waals surface area contributed by atoms with Gasteiger partial charge in [-0.05, 0) is 70.0 Å². The monoisotopic (exact) mass is 628 g/mol. The molecule has 0 saturated carbocycles. The summed E-state index contributed by atoms with van der Waals surface area (Å²) in [6.07, 6.45) is 4.23. The first-order valence-corrected chi connectivity index (χ1v) is 16.3. The van der Waals surface area contributed by atoms with Crippen LogP contribution in [0.15, 0.2) is 41.4 Å². The fraction of sp³-hybridized carbons (Fsp3) is 0.333. The summed E-state index contributed by atoms with van der Waals surface area (Å²) in [5, 5.41) is 13.4. The Labute approximate surface area is 265 Å². The van der Waals surface area contributed by atoms with Crippen molar-refractivity contribution in [1.29, 1.82) is 0 Å². The maximum Gasteiger partial charge on any atom is 0.223 e. The van der Waals surface area contributed by atoms with Crippen molar-refractivity contribution in [3.8, 4) is 28.7 Å². The summed E-state index contributed by atoms with van der Waals surface area (Å²) in [5.41, 5.74) is 9.48. The van der Waals surface area contributed by atoms with Gasteiger partial charge in [0.05, 0.1) is 28.4 Å². The van der Waals surface area contributed by atoms with E-state index in [4.69, 9.17) is 22.3 Å². The average molecular weight is 629 g/mol.